The predicted octanol–water partition coefficient (Wildman–Crippen LogP) is 17.2. The molecule has 0 N–H and O–H groups in total. The first-order valence-electron chi connectivity index (χ1n) is 24.5. The lowest BCUT2D eigenvalue weighted by Crippen LogP contribution is -2.36. The Morgan fingerprint density at radius 1 is 0.400 bits per heavy atom. The van der Waals surface area contributed by atoms with E-state index in [9.17, 15) is 0 Å². The van der Waals surface area contributed by atoms with Gasteiger partial charge >= 0.3 is 0 Å². The highest BCUT2D eigenvalue weighted by atomic mass is 16.6. The maximum Gasteiger partial charge on any atom is 0.170 e. The highest BCUT2D eigenvalue weighted by Gasteiger charge is 2.59. The van der Waals surface area contributed by atoms with Crippen LogP contribution in [0.2, 0.25) is 0 Å². The van der Waals surface area contributed by atoms with Crippen LogP contribution in [0, 0.1) is 11.8 Å². The Kier molecular flexibility index (Phi) is 9.38. The maximum absolute atomic E-state index is 6.96. The number of fused-ring (bicyclic) bond motifs is 11. The molecule has 0 radical (unpaired) electrons. The molecule has 4 aliphatic carbocycles. The Morgan fingerprint density at radius 3 is 1.60 bits per heavy atom. The average molecular weight is 898 g/mol. The number of anilines is 3. The number of allylic oxidation sites excluding steroid dienone is 6. The Hall–Kier alpha value is -8.66. The maximum atomic E-state index is 6.96. The quantitative estimate of drug-likeness (QED) is 0.159. The molecule has 1 heterocycles. The number of hydrogen-bond donors (Lipinski definition) is 0. The van der Waals surface area contributed by atoms with E-state index in [4.69, 9.17) is 9.47 Å². The van der Waals surface area contributed by atoms with Gasteiger partial charge in [0, 0.05) is 28.9 Å². The van der Waals surface area contributed by atoms with E-state index in [0.29, 0.717) is 0 Å². The van der Waals surface area contributed by atoms with Crippen molar-refractivity contribution in [1.82, 2.24) is 0 Å². The number of hydrogen-bond acceptors (Lipinski definition) is 3. The molecule has 332 valence electrons. The molecule has 5 aliphatic rings. The Balaban J connectivity index is 0.804. The summed E-state index contributed by atoms with van der Waals surface area (Å²) in [6, 6.07) is 81.1. The summed E-state index contributed by atoms with van der Waals surface area (Å²) in [7, 11) is 0. The van der Waals surface area contributed by atoms with Crippen molar-refractivity contribution >= 4 is 17.1 Å². The molecule has 1 aliphatic heterocycles. The Labute approximate surface area is 409 Å². The van der Waals surface area contributed by atoms with E-state index in [1.807, 2.05) is 0 Å². The highest BCUT2D eigenvalue weighted by molar-refractivity contribution is 5.88. The van der Waals surface area contributed by atoms with Crippen LogP contribution < -0.4 is 14.4 Å². The fraction of sp³-hybridized carbons (Fsp3) is 0.0746. The van der Waals surface area contributed by atoms with Gasteiger partial charge in [0.15, 0.2) is 23.0 Å². The van der Waals surface area contributed by atoms with Gasteiger partial charge in [0.05, 0.1) is 5.41 Å². The van der Waals surface area contributed by atoms with Crippen molar-refractivity contribution in [3.8, 4) is 67.1 Å². The second-order valence-electron chi connectivity index (χ2n) is 19.0. The standard InChI is InChI=1S/C67H47NO2/c1-3-16-44(17-4-1)48-20-15-21-52(40-48)68(51-37-32-47(33-38-51)54-23-8-7-22-53(54)46-18-5-2-6-19-46)50-35-30-45(31-36-50)49-34-39-63-64(41-49)70-66-43-62-58(42-65(66)69-63)57-26-11-14-29-61(57)67(62)59-27-12-9-24-55(59)56-25-10-13-28-60(56)67/h1-13,15-28,30-43,58,62H,14,29H2. The first-order chi connectivity index (χ1) is 34.7. The van der Waals surface area contributed by atoms with Gasteiger partial charge in [-0.15, -0.1) is 0 Å². The molecule has 70 heavy (non-hydrogen) atoms. The summed E-state index contributed by atoms with van der Waals surface area (Å²) in [6.45, 7) is 0. The fourth-order valence-electron chi connectivity index (χ4n) is 12.3. The van der Waals surface area contributed by atoms with E-state index in [2.05, 4.69) is 254 Å². The van der Waals surface area contributed by atoms with Crippen LogP contribution >= 0.6 is 0 Å². The third-order valence-electron chi connectivity index (χ3n) is 15.3. The van der Waals surface area contributed by atoms with Gasteiger partial charge in [0.25, 0.3) is 0 Å². The molecule has 0 amide bonds. The molecule has 3 heteroatoms. The van der Waals surface area contributed by atoms with E-state index < -0.39 is 0 Å². The van der Waals surface area contributed by atoms with Crippen molar-refractivity contribution in [2.45, 2.75) is 18.3 Å². The molecule has 3 nitrogen and oxygen atoms in total. The van der Waals surface area contributed by atoms with E-state index in [1.165, 1.54) is 61.2 Å². The second kappa shape index (κ2) is 16.3. The molecule has 1 spiro atoms. The molecular formula is C67H47NO2. The number of nitrogens with zero attached hydrogens (tertiary/aromatic N) is 1. The lowest BCUT2D eigenvalue weighted by atomic mass is 9.63. The average Bonchev–Trinajstić information content (AvgIpc) is 3.90. The van der Waals surface area contributed by atoms with Crippen LogP contribution in [-0.2, 0) is 5.41 Å². The van der Waals surface area contributed by atoms with Crippen molar-refractivity contribution in [3.63, 3.8) is 0 Å². The van der Waals surface area contributed by atoms with Crippen molar-refractivity contribution in [2.24, 2.45) is 11.8 Å². The number of ether oxygens (including phenoxy) is 2. The molecule has 2 unspecified atom stereocenters. The van der Waals surface area contributed by atoms with Crippen molar-refractivity contribution in [2.75, 3.05) is 4.90 Å². The molecule has 2 atom stereocenters. The lowest BCUT2D eigenvalue weighted by molar-refractivity contribution is 0.271. The van der Waals surface area contributed by atoms with Crippen molar-refractivity contribution in [3.05, 3.63) is 283 Å². The minimum absolute atomic E-state index is 0.155. The molecule has 0 aromatic heterocycles. The summed E-state index contributed by atoms with van der Waals surface area (Å²) in [6.07, 6.45) is 11.6. The molecule has 9 aromatic carbocycles. The summed E-state index contributed by atoms with van der Waals surface area (Å²) >= 11 is 0. The van der Waals surface area contributed by atoms with Gasteiger partial charge < -0.3 is 14.4 Å². The van der Waals surface area contributed by atoms with Gasteiger partial charge in [-0.3, -0.25) is 0 Å². The summed E-state index contributed by atoms with van der Waals surface area (Å²) in [5.74, 6) is 3.41. The predicted molar refractivity (Wildman–Crippen MR) is 285 cm³/mol. The highest BCUT2D eigenvalue weighted by Crippen LogP contribution is 2.66. The number of rotatable bonds is 7. The van der Waals surface area contributed by atoms with Crippen molar-refractivity contribution < 1.29 is 9.47 Å². The van der Waals surface area contributed by atoms with E-state index >= 15 is 0 Å². The van der Waals surface area contributed by atoms with E-state index in [-0.39, 0.29) is 17.3 Å². The van der Waals surface area contributed by atoms with Crippen LogP contribution in [0.5, 0.6) is 11.5 Å². The summed E-state index contributed by atoms with van der Waals surface area (Å²) in [4.78, 5) is 2.35. The molecule has 0 fully saturated rings. The molecule has 9 aromatic rings. The molecular weight excluding hydrogens is 851 g/mol. The summed E-state index contributed by atoms with van der Waals surface area (Å²) < 4.78 is 13.7. The topological polar surface area (TPSA) is 21.7 Å². The monoisotopic (exact) mass is 897 g/mol. The Morgan fingerprint density at radius 2 is 0.914 bits per heavy atom. The Bertz CT molecular complexity index is 3610. The zero-order chi connectivity index (χ0) is 46.2. The normalized spacial score (nSPS) is 17.4. The van der Waals surface area contributed by atoms with Gasteiger partial charge in [0.1, 0.15) is 0 Å². The number of benzene rings is 9. The zero-order valence-electron chi connectivity index (χ0n) is 38.5. The van der Waals surface area contributed by atoms with Crippen LogP contribution in [0.3, 0.4) is 0 Å². The minimum atomic E-state index is -0.257. The third-order valence-corrected chi connectivity index (χ3v) is 15.3. The fourth-order valence-corrected chi connectivity index (χ4v) is 12.3. The van der Waals surface area contributed by atoms with Crippen LogP contribution in [0.4, 0.5) is 17.1 Å². The first-order valence-corrected chi connectivity index (χ1v) is 24.5. The minimum Gasteiger partial charge on any atom is -0.450 e. The van der Waals surface area contributed by atoms with Crippen LogP contribution in [0.25, 0.3) is 55.6 Å². The van der Waals surface area contributed by atoms with Gasteiger partial charge in [0.2, 0.25) is 0 Å². The van der Waals surface area contributed by atoms with Crippen LogP contribution in [0.1, 0.15) is 24.0 Å². The zero-order valence-corrected chi connectivity index (χ0v) is 38.5. The van der Waals surface area contributed by atoms with Gasteiger partial charge in [-0.2, -0.15) is 0 Å². The molecule has 14 rings (SSSR count). The van der Waals surface area contributed by atoms with E-state index in [0.717, 1.165) is 64.0 Å². The largest absolute Gasteiger partial charge is 0.450 e. The van der Waals surface area contributed by atoms with Crippen LogP contribution in [-0.4, -0.2) is 0 Å². The molecule has 0 bridgehead atoms. The van der Waals surface area contributed by atoms with Gasteiger partial charge in [-0.1, -0.05) is 194 Å². The second-order valence-corrected chi connectivity index (χ2v) is 19.0. The van der Waals surface area contributed by atoms with Gasteiger partial charge in [-0.05, 0) is 146 Å². The first kappa shape index (κ1) is 40.4. The smallest absolute Gasteiger partial charge is 0.170 e. The van der Waals surface area contributed by atoms with Gasteiger partial charge in [-0.25, -0.2) is 0 Å². The van der Waals surface area contributed by atoms with Crippen LogP contribution in [0.15, 0.2) is 271 Å². The van der Waals surface area contributed by atoms with Crippen molar-refractivity contribution in [1.29, 1.82) is 0 Å². The lowest BCUT2D eigenvalue weighted by Gasteiger charge is -2.39. The molecule has 0 saturated heterocycles. The molecule has 0 saturated carbocycles. The SMILES string of the molecule is C1=CC2=C(CC1)C1(c3ccccc3-c3ccccc31)C1C=C3Oc4cc(-c5ccc(N(c6ccc(-c7ccccc7-c7ccccc7)cc6)c6cccc(-c7ccccc7)c6)cc5)ccc4OC3=CC21. The summed E-state index contributed by atoms with van der Waals surface area (Å²) in [5, 5.41) is 0. The third kappa shape index (κ3) is 6.35. The van der Waals surface area contributed by atoms with E-state index in [1.54, 1.807) is 5.57 Å². The summed E-state index contributed by atoms with van der Waals surface area (Å²) in [5.41, 5.74) is 20.8.